The molecule has 2 nitrogen and oxygen atoms in total. The molecule has 0 bridgehead atoms. The fourth-order valence-electron chi connectivity index (χ4n) is 2.11. The molecule has 16 heavy (non-hydrogen) atoms. The zero-order valence-corrected chi connectivity index (χ0v) is 10.2. The van der Waals surface area contributed by atoms with Gasteiger partial charge in [-0.15, -0.1) is 11.3 Å². The average molecular weight is 235 g/mol. The molecule has 0 unspecified atom stereocenters. The molecule has 3 rings (SSSR count). The highest BCUT2D eigenvalue weighted by Crippen LogP contribution is 2.34. The summed E-state index contributed by atoms with van der Waals surface area (Å²) in [5, 5.41) is 1.98. The van der Waals surface area contributed by atoms with Gasteiger partial charge in [0.1, 0.15) is 0 Å². The Balaban J connectivity index is 1.59. The normalized spacial score (nSPS) is 20.3. The van der Waals surface area contributed by atoms with E-state index in [4.69, 9.17) is 0 Å². The molecular weight excluding hydrogens is 218 g/mol. The second-order valence-corrected chi connectivity index (χ2v) is 5.95. The van der Waals surface area contributed by atoms with E-state index in [9.17, 15) is 4.79 Å². The molecule has 0 saturated heterocycles. The topological polar surface area (TPSA) is 20.3 Å². The molecule has 1 heterocycles. The van der Waals surface area contributed by atoms with Crippen molar-refractivity contribution in [2.45, 2.75) is 31.7 Å². The molecule has 0 amide bonds. The summed E-state index contributed by atoms with van der Waals surface area (Å²) in [6, 6.07) is 4.61. The largest absolute Gasteiger partial charge is 0.293 e. The standard InChI is InChI=1S/C13H17NOS/c15-12(13-2-1-7-16-13)9-14(11-5-6-11)8-10-3-4-10/h1-2,7,10-11H,3-6,8-9H2. The number of rotatable bonds is 6. The van der Waals surface area contributed by atoms with Crippen molar-refractivity contribution in [1.29, 1.82) is 0 Å². The number of Topliss-reactive ketones (excluding diaryl/α,β-unsaturated/α-hetero) is 1. The van der Waals surface area contributed by atoms with Crippen LogP contribution in [0.25, 0.3) is 0 Å². The van der Waals surface area contributed by atoms with Crippen molar-refractivity contribution in [2.24, 2.45) is 5.92 Å². The van der Waals surface area contributed by atoms with Gasteiger partial charge in [-0.25, -0.2) is 0 Å². The van der Waals surface area contributed by atoms with Crippen LogP contribution in [-0.4, -0.2) is 29.8 Å². The SMILES string of the molecule is O=C(CN(CC1CC1)C1CC1)c1cccs1. The Hall–Kier alpha value is -0.670. The molecule has 1 aromatic heterocycles. The maximum Gasteiger partial charge on any atom is 0.186 e. The van der Waals surface area contributed by atoms with Gasteiger partial charge in [0.2, 0.25) is 0 Å². The fraction of sp³-hybridized carbons (Fsp3) is 0.615. The van der Waals surface area contributed by atoms with E-state index in [2.05, 4.69) is 4.90 Å². The fourth-order valence-corrected chi connectivity index (χ4v) is 2.77. The minimum atomic E-state index is 0.308. The zero-order chi connectivity index (χ0) is 11.0. The summed E-state index contributed by atoms with van der Waals surface area (Å²) >= 11 is 1.56. The Morgan fingerprint density at radius 1 is 1.38 bits per heavy atom. The second-order valence-electron chi connectivity index (χ2n) is 5.00. The van der Waals surface area contributed by atoms with Gasteiger partial charge in [0.15, 0.2) is 5.78 Å². The van der Waals surface area contributed by atoms with E-state index in [1.54, 1.807) is 11.3 Å². The van der Waals surface area contributed by atoms with Crippen molar-refractivity contribution in [3.63, 3.8) is 0 Å². The molecule has 0 atom stereocenters. The van der Waals surface area contributed by atoms with Gasteiger partial charge in [-0.1, -0.05) is 6.07 Å². The molecule has 3 heteroatoms. The Labute approximate surface area is 100 Å². The smallest absolute Gasteiger partial charge is 0.186 e. The number of hydrogen-bond donors (Lipinski definition) is 0. The van der Waals surface area contributed by atoms with Crippen molar-refractivity contribution in [2.75, 3.05) is 13.1 Å². The van der Waals surface area contributed by atoms with E-state index >= 15 is 0 Å². The molecule has 0 aromatic carbocycles. The summed E-state index contributed by atoms with van der Waals surface area (Å²) in [6.45, 7) is 1.80. The van der Waals surface area contributed by atoms with E-state index in [0.29, 0.717) is 18.4 Å². The van der Waals surface area contributed by atoms with Gasteiger partial charge in [-0.3, -0.25) is 9.69 Å². The van der Waals surface area contributed by atoms with Gasteiger partial charge >= 0.3 is 0 Å². The predicted octanol–water partition coefficient (Wildman–Crippen LogP) is 2.81. The van der Waals surface area contributed by atoms with Crippen molar-refractivity contribution in [1.82, 2.24) is 4.90 Å². The Morgan fingerprint density at radius 3 is 2.75 bits per heavy atom. The average Bonchev–Trinajstić information content (AvgIpc) is 3.18. The van der Waals surface area contributed by atoms with Gasteiger partial charge in [-0.2, -0.15) is 0 Å². The first-order valence-electron chi connectivity index (χ1n) is 6.13. The highest BCUT2D eigenvalue weighted by Gasteiger charge is 2.34. The van der Waals surface area contributed by atoms with Crippen molar-refractivity contribution >= 4 is 17.1 Å². The zero-order valence-electron chi connectivity index (χ0n) is 9.39. The Morgan fingerprint density at radius 2 is 2.19 bits per heavy atom. The maximum atomic E-state index is 12.0. The summed E-state index contributed by atoms with van der Waals surface area (Å²) in [6.07, 6.45) is 5.34. The molecule has 2 aliphatic rings. The van der Waals surface area contributed by atoms with Crippen LogP contribution >= 0.6 is 11.3 Å². The van der Waals surface area contributed by atoms with Crippen LogP contribution in [0.15, 0.2) is 17.5 Å². The van der Waals surface area contributed by atoms with Crippen LogP contribution in [0, 0.1) is 5.92 Å². The number of carbonyl (C=O) groups is 1. The minimum Gasteiger partial charge on any atom is -0.293 e. The minimum absolute atomic E-state index is 0.308. The number of hydrogen-bond acceptors (Lipinski definition) is 3. The van der Waals surface area contributed by atoms with E-state index in [1.165, 1.54) is 25.7 Å². The molecule has 0 N–H and O–H groups in total. The molecule has 2 aliphatic carbocycles. The summed E-state index contributed by atoms with van der Waals surface area (Å²) < 4.78 is 0. The molecule has 86 valence electrons. The van der Waals surface area contributed by atoms with Gasteiger partial charge in [-0.05, 0) is 43.0 Å². The molecule has 2 saturated carbocycles. The van der Waals surface area contributed by atoms with Crippen molar-refractivity contribution < 1.29 is 4.79 Å². The van der Waals surface area contributed by atoms with E-state index in [0.717, 1.165) is 17.3 Å². The quantitative estimate of drug-likeness (QED) is 0.707. The van der Waals surface area contributed by atoms with Crippen LogP contribution in [-0.2, 0) is 0 Å². The van der Waals surface area contributed by atoms with Gasteiger partial charge in [0.25, 0.3) is 0 Å². The number of nitrogens with zero attached hydrogens (tertiary/aromatic N) is 1. The summed E-state index contributed by atoms with van der Waals surface area (Å²) in [5.74, 6) is 1.19. The third-order valence-electron chi connectivity index (χ3n) is 3.40. The Kier molecular flexibility index (Phi) is 2.82. The predicted molar refractivity (Wildman–Crippen MR) is 66.0 cm³/mol. The first-order valence-corrected chi connectivity index (χ1v) is 7.01. The van der Waals surface area contributed by atoms with Crippen molar-refractivity contribution in [3.05, 3.63) is 22.4 Å². The molecule has 1 aromatic rings. The van der Waals surface area contributed by atoms with Gasteiger partial charge in [0.05, 0.1) is 11.4 Å². The number of carbonyl (C=O) groups excluding carboxylic acids is 1. The highest BCUT2D eigenvalue weighted by molar-refractivity contribution is 7.12. The van der Waals surface area contributed by atoms with Gasteiger partial charge < -0.3 is 0 Å². The van der Waals surface area contributed by atoms with Crippen LogP contribution in [0.3, 0.4) is 0 Å². The maximum absolute atomic E-state index is 12.0. The van der Waals surface area contributed by atoms with Crippen LogP contribution < -0.4 is 0 Å². The molecule has 2 fully saturated rings. The van der Waals surface area contributed by atoms with Crippen LogP contribution in [0.4, 0.5) is 0 Å². The monoisotopic (exact) mass is 235 g/mol. The summed E-state index contributed by atoms with van der Waals surface area (Å²) in [5.41, 5.74) is 0. The molecular formula is C13H17NOS. The summed E-state index contributed by atoms with van der Waals surface area (Å²) in [7, 11) is 0. The molecule has 0 aliphatic heterocycles. The third-order valence-corrected chi connectivity index (χ3v) is 4.31. The molecule has 0 radical (unpaired) electrons. The second kappa shape index (κ2) is 4.30. The van der Waals surface area contributed by atoms with Crippen LogP contribution in [0.2, 0.25) is 0 Å². The lowest BCUT2D eigenvalue weighted by molar-refractivity contribution is 0.0925. The summed E-state index contributed by atoms with van der Waals surface area (Å²) in [4.78, 5) is 15.4. The van der Waals surface area contributed by atoms with Crippen molar-refractivity contribution in [3.8, 4) is 0 Å². The molecule has 0 spiro atoms. The lowest BCUT2D eigenvalue weighted by atomic mass is 10.2. The number of thiophene rings is 1. The van der Waals surface area contributed by atoms with E-state index in [1.807, 2.05) is 17.5 Å². The first kappa shape index (κ1) is 10.5. The lowest BCUT2D eigenvalue weighted by Gasteiger charge is -2.20. The lowest BCUT2D eigenvalue weighted by Crippen LogP contribution is -2.33. The third kappa shape index (κ3) is 2.53. The Bertz CT molecular complexity index is 365. The first-order chi connectivity index (χ1) is 7.83. The van der Waals surface area contributed by atoms with E-state index in [-0.39, 0.29) is 0 Å². The highest BCUT2D eigenvalue weighted by atomic mass is 32.1. The van der Waals surface area contributed by atoms with Crippen LogP contribution in [0.1, 0.15) is 35.4 Å². The number of ketones is 1. The van der Waals surface area contributed by atoms with Crippen LogP contribution in [0.5, 0.6) is 0 Å². The van der Waals surface area contributed by atoms with Gasteiger partial charge in [0, 0.05) is 12.6 Å². The van der Waals surface area contributed by atoms with E-state index < -0.39 is 0 Å².